The third-order valence-electron chi connectivity index (χ3n) is 1.36. The van der Waals surface area contributed by atoms with E-state index >= 15 is 0 Å². The molecule has 0 radical (unpaired) electrons. The molecule has 0 aliphatic rings. The summed E-state index contributed by atoms with van der Waals surface area (Å²) in [5, 5.41) is 0. The van der Waals surface area contributed by atoms with E-state index in [1.165, 1.54) is 6.92 Å². The first-order valence-electron chi connectivity index (χ1n) is 3.94. The zero-order valence-corrected chi connectivity index (χ0v) is 7.46. The number of ether oxygens (including phenoxy) is 1. The van der Waals surface area contributed by atoms with Crippen LogP contribution in [0, 0.1) is 6.92 Å². The summed E-state index contributed by atoms with van der Waals surface area (Å²) in [6, 6.07) is 0. The smallest absolute Gasteiger partial charge is 0.392 e. The van der Waals surface area contributed by atoms with Crippen molar-refractivity contribution in [2.75, 3.05) is 0 Å². The lowest BCUT2D eigenvalue weighted by molar-refractivity contribution is -0.135. The van der Waals surface area contributed by atoms with Crippen molar-refractivity contribution in [1.29, 1.82) is 0 Å². The number of aryl methyl sites for hydroxylation is 1. The van der Waals surface area contributed by atoms with Crippen LogP contribution in [0.15, 0.2) is 13.6 Å². The van der Waals surface area contributed by atoms with Gasteiger partial charge in [-0.3, -0.25) is 4.79 Å². The number of esters is 1. The van der Waals surface area contributed by atoms with Crippen molar-refractivity contribution in [3.05, 3.63) is 16.4 Å². The van der Waals surface area contributed by atoms with E-state index < -0.39 is 11.8 Å². The quantitative estimate of drug-likeness (QED) is 0.664. The molecule has 0 N–H and O–H groups in total. The Labute approximate surface area is 74.3 Å². The van der Waals surface area contributed by atoms with Crippen LogP contribution >= 0.6 is 0 Å². The summed E-state index contributed by atoms with van der Waals surface area (Å²) >= 11 is 0. The standard InChI is InChI=1S/C8H10O5/c1-3-4-6(9)12-7-5(2)11-8(10)13-7/h3-4H2,1-2H3. The molecule has 5 nitrogen and oxygen atoms in total. The molecule has 0 fully saturated rings. The average molecular weight is 186 g/mol. The lowest BCUT2D eigenvalue weighted by Crippen LogP contribution is -2.06. The van der Waals surface area contributed by atoms with Gasteiger partial charge in [-0.1, -0.05) is 6.92 Å². The predicted octanol–water partition coefficient (Wildman–Crippen LogP) is 1.25. The minimum atomic E-state index is -0.864. The molecule has 0 bridgehead atoms. The maximum atomic E-state index is 10.9. The zero-order valence-electron chi connectivity index (χ0n) is 7.46. The van der Waals surface area contributed by atoms with Crippen LogP contribution in [0.25, 0.3) is 0 Å². The van der Waals surface area contributed by atoms with Crippen molar-refractivity contribution in [3.8, 4) is 5.95 Å². The molecule has 1 rings (SSSR count). The zero-order chi connectivity index (χ0) is 9.84. The van der Waals surface area contributed by atoms with Gasteiger partial charge in [0.1, 0.15) is 0 Å². The Balaban J connectivity index is 2.68. The summed E-state index contributed by atoms with van der Waals surface area (Å²) in [6.07, 6.45) is 0.967. The van der Waals surface area contributed by atoms with Gasteiger partial charge < -0.3 is 13.6 Å². The lowest BCUT2D eigenvalue weighted by atomic mass is 10.3. The Morgan fingerprint density at radius 1 is 1.46 bits per heavy atom. The van der Waals surface area contributed by atoms with E-state index in [0.717, 1.165) is 0 Å². The van der Waals surface area contributed by atoms with Crippen LogP contribution in [0.3, 0.4) is 0 Å². The molecule has 1 aromatic rings. The Kier molecular flexibility index (Phi) is 2.89. The van der Waals surface area contributed by atoms with Crippen molar-refractivity contribution in [3.63, 3.8) is 0 Å². The molecule has 0 aliphatic heterocycles. The minimum absolute atomic E-state index is 0.150. The largest absolute Gasteiger partial charge is 0.521 e. The van der Waals surface area contributed by atoms with E-state index in [2.05, 4.69) is 8.83 Å². The summed E-state index contributed by atoms with van der Waals surface area (Å²) in [6.45, 7) is 3.33. The normalized spacial score (nSPS) is 10.0. The molecule has 1 heterocycles. The van der Waals surface area contributed by atoms with E-state index in [-0.39, 0.29) is 18.1 Å². The van der Waals surface area contributed by atoms with Crippen molar-refractivity contribution in [2.45, 2.75) is 26.7 Å². The summed E-state index contributed by atoms with van der Waals surface area (Å²) < 4.78 is 13.7. The van der Waals surface area contributed by atoms with Gasteiger partial charge in [0.2, 0.25) is 0 Å². The molecule has 0 aromatic carbocycles. The second-order valence-corrected chi connectivity index (χ2v) is 2.52. The number of hydrogen-bond donors (Lipinski definition) is 0. The average Bonchev–Trinajstić information content (AvgIpc) is 2.30. The van der Waals surface area contributed by atoms with Crippen molar-refractivity contribution in [2.24, 2.45) is 0 Å². The molecule has 1 aromatic heterocycles. The van der Waals surface area contributed by atoms with E-state index in [1.54, 1.807) is 0 Å². The topological polar surface area (TPSA) is 69.7 Å². The van der Waals surface area contributed by atoms with E-state index in [9.17, 15) is 9.59 Å². The van der Waals surface area contributed by atoms with Crippen molar-refractivity contribution in [1.82, 2.24) is 0 Å². The van der Waals surface area contributed by atoms with Crippen molar-refractivity contribution >= 4 is 5.97 Å². The van der Waals surface area contributed by atoms with Crippen LogP contribution in [0.2, 0.25) is 0 Å². The minimum Gasteiger partial charge on any atom is -0.392 e. The van der Waals surface area contributed by atoms with Crippen LogP contribution in [0.5, 0.6) is 5.95 Å². The second-order valence-electron chi connectivity index (χ2n) is 2.52. The summed E-state index contributed by atoms with van der Waals surface area (Å²) in [5.41, 5.74) is 0. The predicted molar refractivity (Wildman–Crippen MR) is 42.5 cm³/mol. The first-order chi connectivity index (χ1) is 6.13. The van der Waals surface area contributed by atoms with Gasteiger partial charge in [0.05, 0.1) is 0 Å². The first-order valence-corrected chi connectivity index (χ1v) is 3.94. The number of carbonyl (C=O) groups excluding carboxylic acids is 1. The van der Waals surface area contributed by atoms with Gasteiger partial charge in [0.15, 0.2) is 5.76 Å². The SMILES string of the molecule is CCCC(=O)Oc1oc(=O)oc1C. The van der Waals surface area contributed by atoms with Gasteiger partial charge in [-0.25, -0.2) is 4.79 Å². The summed E-state index contributed by atoms with van der Waals surface area (Å²) in [5.74, 6) is -1.27. The summed E-state index contributed by atoms with van der Waals surface area (Å²) in [7, 11) is 0. The molecule has 5 heteroatoms. The maximum Gasteiger partial charge on any atom is 0.521 e. The molecule has 0 aliphatic carbocycles. The number of carbonyl (C=O) groups is 1. The van der Waals surface area contributed by atoms with Crippen LogP contribution in [-0.4, -0.2) is 5.97 Å². The fourth-order valence-electron chi connectivity index (χ4n) is 0.786. The van der Waals surface area contributed by atoms with E-state index in [1.807, 2.05) is 6.92 Å². The second kappa shape index (κ2) is 3.93. The van der Waals surface area contributed by atoms with Crippen LogP contribution in [0.4, 0.5) is 0 Å². The monoisotopic (exact) mass is 186 g/mol. The van der Waals surface area contributed by atoms with E-state index in [0.29, 0.717) is 6.42 Å². The highest BCUT2D eigenvalue weighted by Crippen LogP contribution is 2.15. The highest BCUT2D eigenvalue weighted by Gasteiger charge is 2.13. The Morgan fingerprint density at radius 2 is 2.15 bits per heavy atom. The maximum absolute atomic E-state index is 10.9. The fraction of sp³-hybridized carbons (Fsp3) is 0.500. The molecule has 13 heavy (non-hydrogen) atoms. The third kappa shape index (κ3) is 2.47. The van der Waals surface area contributed by atoms with Gasteiger partial charge in [0, 0.05) is 13.3 Å². The lowest BCUT2D eigenvalue weighted by Gasteiger charge is -1.96. The van der Waals surface area contributed by atoms with Gasteiger partial charge in [-0.2, -0.15) is 0 Å². The molecule has 72 valence electrons. The molecule has 0 spiro atoms. The Bertz CT molecular complexity index is 346. The van der Waals surface area contributed by atoms with Gasteiger partial charge in [-0.15, -0.1) is 0 Å². The molecular weight excluding hydrogens is 176 g/mol. The highest BCUT2D eigenvalue weighted by molar-refractivity contribution is 5.71. The molecule has 0 saturated carbocycles. The van der Waals surface area contributed by atoms with Crippen LogP contribution < -0.4 is 10.6 Å². The van der Waals surface area contributed by atoms with Crippen LogP contribution in [0.1, 0.15) is 25.5 Å². The van der Waals surface area contributed by atoms with Crippen molar-refractivity contribution < 1.29 is 18.4 Å². The Morgan fingerprint density at radius 3 is 2.62 bits per heavy atom. The molecule has 0 unspecified atom stereocenters. The Hall–Kier alpha value is -1.52. The number of hydrogen-bond acceptors (Lipinski definition) is 5. The van der Waals surface area contributed by atoms with Gasteiger partial charge >= 0.3 is 17.7 Å². The summed E-state index contributed by atoms with van der Waals surface area (Å²) in [4.78, 5) is 21.5. The fourth-order valence-corrected chi connectivity index (χ4v) is 0.786. The molecular formula is C8H10O5. The third-order valence-corrected chi connectivity index (χ3v) is 1.36. The van der Waals surface area contributed by atoms with E-state index in [4.69, 9.17) is 4.74 Å². The van der Waals surface area contributed by atoms with Crippen LogP contribution in [-0.2, 0) is 4.79 Å². The molecule has 0 amide bonds. The first kappa shape index (κ1) is 9.57. The highest BCUT2D eigenvalue weighted by atomic mass is 16.7. The van der Waals surface area contributed by atoms with Gasteiger partial charge in [0.25, 0.3) is 0 Å². The molecule has 0 atom stereocenters. The van der Waals surface area contributed by atoms with Gasteiger partial charge in [-0.05, 0) is 6.42 Å². The number of rotatable bonds is 3. The molecule has 0 saturated heterocycles.